The SMILES string of the molecule is C=CCN(C(=O)c1cc(F)cc([N+](=O)[O-])c1F)C(C)(C)C. The third-order valence-corrected chi connectivity index (χ3v) is 2.81. The molecule has 0 aliphatic rings. The molecule has 114 valence electrons. The summed E-state index contributed by atoms with van der Waals surface area (Å²) in [5.74, 6) is -3.22. The fraction of sp³-hybridized carbons (Fsp3) is 0.357. The highest BCUT2D eigenvalue weighted by atomic mass is 19.1. The molecule has 0 aliphatic carbocycles. The van der Waals surface area contributed by atoms with Gasteiger partial charge in [-0.15, -0.1) is 6.58 Å². The van der Waals surface area contributed by atoms with E-state index in [9.17, 15) is 23.7 Å². The molecule has 1 amide bonds. The Morgan fingerprint density at radius 1 is 1.43 bits per heavy atom. The minimum Gasteiger partial charge on any atom is -0.330 e. The topological polar surface area (TPSA) is 63.5 Å². The Morgan fingerprint density at radius 2 is 2.00 bits per heavy atom. The van der Waals surface area contributed by atoms with Gasteiger partial charge in [0, 0.05) is 12.1 Å². The number of nitrogens with zero attached hydrogens (tertiary/aromatic N) is 2. The second kappa shape index (κ2) is 5.99. The van der Waals surface area contributed by atoms with Crippen LogP contribution in [0.25, 0.3) is 0 Å². The van der Waals surface area contributed by atoms with Gasteiger partial charge in [0.15, 0.2) is 0 Å². The molecule has 0 atom stereocenters. The summed E-state index contributed by atoms with van der Waals surface area (Å²) in [6.45, 7) is 8.73. The van der Waals surface area contributed by atoms with E-state index < -0.39 is 39.3 Å². The van der Waals surface area contributed by atoms with E-state index in [4.69, 9.17) is 0 Å². The number of nitro benzene ring substituents is 1. The van der Waals surface area contributed by atoms with Crippen LogP contribution in [-0.2, 0) is 0 Å². The lowest BCUT2D eigenvalue weighted by Gasteiger charge is -2.35. The molecule has 5 nitrogen and oxygen atoms in total. The molecule has 21 heavy (non-hydrogen) atoms. The van der Waals surface area contributed by atoms with Gasteiger partial charge in [0.2, 0.25) is 5.82 Å². The predicted molar refractivity (Wildman–Crippen MR) is 74.0 cm³/mol. The van der Waals surface area contributed by atoms with E-state index >= 15 is 0 Å². The van der Waals surface area contributed by atoms with Gasteiger partial charge >= 0.3 is 5.69 Å². The van der Waals surface area contributed by atoms with E-state index in [1.165, 1.54) is 11.0 Å². The number of hydrogen-bond donors (Lipinski definition) is 0. The minimum atomic E-state index is -1.34. The first-order chi connectivity index (χ1) is 9.59. The molecule has 0 saturated carbocycles. The highest BCUT2D eigenvalue weighted by molar-refractivity contribution is 5.95. The lowest BCUT2D eigenvalue weighted by atomic mass is 10.0. The first-order valence-corrected chi connectivity index (χ1v) is 6.16. The second-order valence-electron chi connectivity index (χ2n) is 5.42. The van der Waals surface area contributed by atoms with Crippen molar-refractivity contribution < 1.29 is 18.5 Å². The van der Waals surface area contributed by atoms with Crippen LogP contribution in [0.15, 0.2) is 24.8 Å². The summed E-state index contributed by atoms with van der Waals surface area (Å²) < 4.78 is 27.5. The molecule has 0 radical (unpaired) electrons. The molecule has 7 heteroatoms. The quantitative estimate of drug-likeness (QED) is 0.486. The van der Waals surface area contributed by atoms with E-state index in [0.717, 1.165) is 0 Å². The van der Waals surface area contributed by atoms with E-state index in [0.29, 0.717) is 12.1 Å². The summed E-state index contributed by atoms with van der Waals surface area (Å²) in [7, 11) is 0. The average molecular weight is 298 g/mol. The van der Waals surface area contributed by atoms with Crippen molar-refractivity contribution in [2.45, 2.75) is 26.3 Å². The van der Waals surface area contributed by atoms with Crippen LogP contribution in [-0.4, -0.2) is 27.8 Å². The summed E-state index contributed by atoms with van der Waals surface area (Å²) in [4.78, 5) is 23.3. The Morgan fingerprint density at radius 3 is 2.43 bits per heavy atom. The second-order valence-corrected chi connectivity index (χ2v) is 5.42. The molecule has 1 rings (SSSR count). The Bertz CT molecular complexity index is 595. The summed E-state index contributed by atoms with van der Waals surface area (Å²) in [6, 6.07) is 1.10. The van der Waals surface area contributed by atoms with E-state index in [-0.39, 0.29) is 6.54 Å². The zero-order chi connectivity index (χ0) is 16.4. The number of carbonyl (C=O) groups excluding carboxylic acids is 1. The van der Waals surface area contributed by atoms with Crippen LogP contribution in [0.2, 0.25) is 0 Å². The van der Waals surface area contributed by atoms with Gasteiger partial charge in [0.25, 0.3) is 5.91 Å². The van der Waals surface area contributed by atoms with Crippen molar-refractivity contribution in [3.8, 4) is 0 Å². The molecular formula is C14H16F2N2O3. The minimum absolute atomic E-state index is 0.103. The molecule has 1 aromatic rings. The zero-order valence-corrected chi connectivity index (χ0v) is 12.0. The summed E-state index contributed by atoms with van der Waals surface area (Å²) in [6.07, 6.45) is 1.44. The van der Waals surface area contributed by atoms with Gasteiger partial charge in [-0.2, -0.15) is 4.39 Å². The zero-order valence-electron chi connectivity index (χ0n) is 12.0. The monoisotopic (exact) mass is 298 g/mol. The van der Waals surface area contributed by atoms with E-state index in [1.807, 2.05) is 0 Å². The van der Waals surface area contributed by atoms with Gasteiger partial charge in [0.05, 0.1) is 16.6 Å². The fourth-order valence-electron chi connectivity index (χ4n) is 1.80. The van der Waals surface area contributed by atoms with Crippen LogP contribution in [0.1, 0.15) is 31.1 Å². The van der Waals surface area contributed by atoms with Crippen molar-refractivity contribution in [1.82, 2.24) is 4.90 Å². The molecular weight excluding hydrogens is 282 g/mol. The number of amides is 1. The van der Waals surface area contributed by atoms with Crippen molar-refractivity contribution in [2.24, 2.45) is 0 Å². The van der Waals surface area contributed by atoms with Crippen LogP contribution in [0.5, 0.6) is 0 Å². The van der Waals surface area contributed by atoms with E-state index in [1.54, 1.807) is 20.8 Å². The average Bonchev–Trinajstić information content (AvgIpc) is 2.35. The lowest BCUT2D eigenvalue weighted by molar-refractivity contribution is -0.387. The van der Waals surface area contributed by atoms with E-state index in [2.05, 4.69) is 6.58 Å². The standard InChI is InChI=1S/C14H16F2N2O3/c1-5-6-17(14(2,3)4)13(19)10-7-9(15)8-11(12(10)16)18(20)21/h5,7-8H,1,6H2,2-4H3. The largest absolute Gasteiger partial charge is 0.330 e. The number of nitro groups is 1. The maximum atomic E-state index is 14.1. The molecule has 0 fully saturated rings. The predicted octanol–water partition coefficient (Wildman–Crippen LogP) is 3.30. The fourth-order valence-corrected chi connectivity index (χ4v) is 1.80. The van der Waals surface area contributed by atoms with Gasteiger partial charge < -0.3 is 4.90 Å². The summed E-state index contributed by atoms with van der Waals surface area (Å²) >= 11 is 0. The number of rotatable bonds is 4. The molecule has 0 spiro atoms. The van der Waals surface area contributed by atoms with Crippen LogP contribution >= 0.6 is 0 Å². The number of benzene rings is 1. The Kier molecular flexibility index (Phi) is 4.77. The molecule has 0 N–H and O–H groups in total. The van der Waals surface area contributed by atoms with Crippen molar-refractivity contribution in [3.63, 3.8) is 0 Å². The number of hydrogen-bond acceptors (Lipinski definition) is 3. The molecule has 0 bridgehead atoms. The molecule has 0 aromatic heterocycles. The Labute approximate surface area is 121 Å². The molecule has 0 unspecified atom stereocenters. The maximum Gasteiger partial charge on any atom is 0.308 e. The van der Waals surface area contributed by atoms with Gasteiger partial charge in [-0.1, -0.05) is 6.08 Å². The summed E-state index contributed by atoms with van der Waals surface area (Å²) in [5, 5.41) is 10.7. The van der Waals surface area contributed by atoms with Gasteiger partial charge in [0.1, 0.15) is 5.82 Å². The number of halogens is 2. The maximum absolute atomic E-state index is 14.1. The highest BCUT2D eigenvalue weighted by Crippen LogP contribution is 2.25. The molecule has 0 saturated heterocycles. The van der Waals surface area contributed by atoms with Gasteiger partial charge in [-0.05, 0) is 26.8 Å². The van der Waals surface area contributed by atoms with Crippen molar-refractivity contribution >= 4 is 11.6 Å². The summed E-state index contributed by atoms with van der Waals surface area (Å²) in [5.41, 5.74) is -2.41. The first-order valence-electron chi connectivity index (χ1n) is 6.16. The van der Waals surface area contributed by atoms with Crippen molar-refractivity contribution in [2.75, 3.05) is 6.54 Å². The van der Waals surface area contributed by atoms with Crippen LogP contribution < -0.4 is 0 Å². The third-order valence-electron chi connectivity index (χ3n) is 2.81. The molecule has 1 aromatic carbocycles. The number of carbonyl (C=O) groups is 1. The van der Waals surface area contributed by atoms with Crippen LogP contribution in [0, 0.1) is 21.7 Å². The first kappa shape index (κ1) is 16.7. The molecule has 0 heterocycles. The van der Waals surface area contributed by atoms with Crippen molar-refractivity contribution in [1.29, 1.82) is 0 Å². The Balaban J connectivity index is 3.41. The van der Waals surface area contributed by atoms with Gasteiger partial charge in [-0.3, -0.25) is 14.9 Å². The van der Waals surface area contributed by atoms with Crippen LogP contribution in [0.4, 0.5) is 14.5 Å². The van der Waals surface area contributed by atoms with Crippen LogP contribution in [0.3, 0.4) is 0 Å². The normalized spacial score (nSPS) is 11.1. The Hall–Kier alpha value is -2.31. The van der Waals surface area contributed by atoms with Gasteiger partial charge in [-0.25, -0.2) is 4.39 Å². The highest BCUT2D eigenvalue weighted by Gasteiger charge is 2.31. The van der Waals surface area contributed by atoms with Crippen molar-refractivity contribution in [3.05, 3.63) is 52.1 Å². The third kappa shape index (κ3) is 3.62. The molecule has 0 aliphatic heterocycles. The smallest absolute Gasteiger partial charge is 0.308 e. The lowest BCUT2D eigenvalue weighted by Crippen LogP contribution is -2.46.